The summed E-state index contributed by atoms with van der Waals surface area (Å²) in [6, 6.07) is -0.0804. The minimum atomic E-state index is -0.343. The summed E-state index contributed by atoms with van der Waals surface area (Å²) in [6.45, 7) is 5.47. The Labute approximate surface area is 108 Å². The first-order chi connectivity index (χ1) is 6.49. The zero-order valence-electron chi connectivity index (χ0n) is 9.43. The van der Waals surface area contributed by atoms with Gasteiger partial charge in [0.15, 0.2) is 0 Å². The SMILES string of the molecule is CCC(C)n1c(=O)[nH]c(C)c(Br)c1=O.[Li+]. The number of hydrogen-bond donors (Lipinski definition) is 1. The number of aromatic amines is 1. The van der Waals surface area contributed by atoms with Crippen molar-refractivity contribution in [3.63, 3.8) is 0 Å². The first kappa shape index (κ1) is 14.8. The molecule has 0 amide bonds. The Balaban J connectivity index is 0.00000196. The van der Waals surface area contributed by atoms with Gasteiger partial charge in [-0.25, -0.2) is 4.79 Å². The molecule has 0 aliphatic heterocycles. The van der Waals surface area contributed by atoms with E-state index < -0.39 is 0 Å². The Morgan fingerprint density at radius 1 is 1.47 bits per heavy atom. The molecule has 0 aliphatic carbocycles. The third-order valence-corrected chi connectivity index (χ3v) is 3.21. The van der Waals surface area contributed by atoms with E-state index in [0.29, 0.717) is 10.2 Å². The maximum Gasteiger partial charge on any atom is 1.00 e. The molecule has 1 aromatic rings. The molecule has 1 rings (SSSR count). The minimum Gasteiger partial charge on any atom is -0.310 e. The number of H-pyrrole nitrogens is 1. The predicted molar refractivity (Wildman–Crippen MR) is 58.8 cm³/mol. The molecular formula is C9H13BrLiN2O2+. The van der Waals surface area contributed by atoms with Gasteiger partial charge < -0.3 is 4.98 Å². The van der Waals surface area contributed by atoms with Crippen molar-refractivity contribution in [1.82, 2.24) is 9.55 Å². The molecule has 0 aromatic carbocycles. The molecule has 0 saturated carbocycles. The van der Waals surface area contributed by atoms with Gasteiger partial charge in [0, 0.05) is 11.7 Å². The first-order valence-electron chi connectivity index (χ1n) is 4.50. The van der Waals surface area contributed by atoms with Crippen molar-refractivity contribution >= 4 is 15.9 Å². The van der Waals surface area contributed by atoms with E-state index in [-0.39, 0.29) is 36.2 Å². The average Bonchev–Trinajstić information content (AvgIpc) is 2.14. The Morgan fingerprint density at radius 3 is 2.47 bits per heavy atom. The summed E-state index contributed by atoms with van der Waals surface area (Å²) in [5.41, 5.74) is -0.0368. The minimum absolute atomic E-state index is 0. The normalized spacial score (nSPS) is 12.0. The van der Waals surface area contributed by atoms with E-state index in [0.717, 1.165) is 6.42 Å². The summed E-state index contributed by atoms with van der Waals surface area (Å²) < 4.78 is 1.66. The van der Waals surface area contributed by atoms with Crippen molar-refractivity contribution in [2.24, 2.45) is 0 Å². The molecule has 0 aliphatic rings. The first-order valence-corrected chi connectivity index (χ1v) is 5.29. The number of hydrogen-bond acceptors (Lipinski definition) is 2. The maximum absolute atomic E-state index is 11.7. The molecule has 0 bridgehead atoms. The van der Waals surface area contributed by atoms with Gasteiger partial charge in [-0.1, -0.05) is 6.92 Å². The van der Waals surface area contributed by atoms with Crippen LogP contribution in [0.2, 0.25) is 0 Å². The van der Waals surface area contributed by atoms with Crippen LogP contribution in [0.3, 0.4) is 0 Å². The maximum atomic E-state index is 11.7. The van der Waals surface area contributed by atoms with Crippen LogP contribution in [-0.4, -0.2) is 9.55 Å². The fourth-order valence-electron chi connectivity index (χ4n) is 1.22. The fraction of sp³-hybridized carbons (Fsp3) is 0.556. The van der Waals surface area contributed by atoms with Crippen molar-refractivity contribution in [2.45, 2.75) is 33.2 Å². The Hall–Kier alpha value is -0.243. The number of nitrogens with zero attached hydrogens (tertiary/aromatic N) is 1. The topological polar surface area (TPSA) is 54.9 Å². The number of aromatic nitrogens is 2. The van der Waals surface area contributed by atoms with Gasteiger partial charge in [0.2, 0.25) is 0 Å². The van der Waals surface area contributed by atoms with Crippen LogP contribution >= 0.6 is 15.9 Å². The van der Waals surface area contributed by atoms with Gasteiger partial charge in [0.25, 0.3) is 5.56 Å². The van der Waals surface area contributed by atoms with Crippen LogP contribution < -0.4 is 30.1 Å². The van der Waals surface area contributed by atoms with E-state index in [4.69, 9.17) is 0 Å². The summed E-state index contributed by atoms with van der Waals surface area (Å²) in [5, 5.41) is 0. The van der Waals surface area contributed by atoms with E-state index in [1.807, 2.05) is 13.8 Å². The molecule has 0 radical (unpaired) electrons. The zero-order valence-corrected chi connectivity index (χ0v) is 11.0. The molecule has 1 atom stereocenters. The zero-order chi connectivity index (χ0) is 10.9. The van der Waals surface area contributed by atoms with Gasteiger partial charge in [-0.15, -0.1) is 0 Å². The molecule has 0 spiro atoms. The number of nitrogens with one attached hydrogen (secondary N) is 1. The standard InChI is InChI=1S/C9H13BrN2O2.Li/c1-4-5(2)12-8(13)7(10)6(3)11-9(12)14;/h5H,4H2,1-3H3,(H,11,14);/q;+1. The third-order valence-electron chi connectivity index (χ3n) is 2.28. The number of aryl methyl sites for hydroxylation is 1. The molecule has 1 heterocycles. The van der Waals surface area contributed by atoms with Crippen LogP contribution in [0.1, 0.15) is 32.0 Å². The van der Waals surface area contributed by atoms with Gasteiger partial charge in [-0.05, 0) is 36.2 Å². The van der Waals surface area contributed by atoms with E-state index in [9.17, 15) is 9.59 Å². The van der Waals surface area contributed by atoms with E-state index in [1.54, 1.807) is 6.92 Å². The van der Waals surface area contributed by atoms with Crippen molar-refractivity contribution < 1.29 is 18.9 Å². The fourth-order valence-corrected chi connectivity index (χ4v) is 1.51. The quantitative estimate of drug-likeness (QED) is 0.669. The second-order valence-corrected chi connectivity index (χ2v) is 4.09. The van der Waals surface area contributed by atoms with Crippen LogP contribution in [0, 0.1) is 6.92 Å². The number of rotatable bonds is 2. The van der Waals surface area contributed by atoms with Crippen LogP contribution in [0.15, 0.2) is 14.1 Å². The Bertz CT molecular complexity index is 452. The summed E-state index contributed by atoms with van der Waals surface area (Å²) in [7, 11) is 0. The molecule has 0 saturated heterocycles. The van der Waals surface area contributed by atoms with Crippen molar-refractivity contribution in [1.29, 1.82) is 0 Å². The van der Waals surface area contributed by atoms with Crippen molar-refractivity contribution in [3.05, 3.63) is 31.0 Å². The average molecular weight is 268 g/mol. The molecule has 1 unspecified atom stereocenters. The van der Waals surface area contributed by atoms with Gasteiger partial charge in [-0.3, -0.25) is 9.36 Å². The molecule has 0 fully saturated rings. The van der Waals surface area contributed by atoms with Crippen LogP contribution in [0.5, 0.6) is 0 Å². The summed E-state index contributed by atoms with van der Waals surface area (Å²) in [5.74, 6) is 0. The molecule has 6 heteroatoms. The van der Waals surface area contributed by atoms with Crippen LogP contribution in [0.25, 0.3) is 0 Å². The second-order valence-electron chi connectivity index (χ2n) is 3.30. The number of halogens is 1. The Kier molecular flexibility index (Phi) is 5.64. The van der Waals surface area contributed by atoms with Crippen molar-refractivity contribution in [2.75, 3.05) is 0 Å². The summed E-state index contributed by atoms with van der Waals surface area (Å²) in [4.78, 5) is 25.8. The van der Waals surface area contributed by atoms with Crippen LogP contribution in [0.4, 0.5) is 0 Å². The third kappa shape index (κ3) is 2.87. The summed E-state index contributed by atoms with van der Waals surface area (Å²) in [6.07, 6.45) is 0.748. The molecule has 4 nitrogen and oxygen atoms in total. The molecule has 15 heavy (non-hydrogen) atoms. The van der Waals surface area contributed by atoms with E-state index in [1.165, 1.54) is 4.57 Å². The van der Waals surface area contributed by atoms with Gasteiger partial charge in [0.05, 0.1) is 0 Å². The van der Waals surface area contributed by atoms with Gasteiger partial charge in [-0.2, -0.15) is 0 Å². The van der Waals surface area contributed by atoms with Crippen LogP contribution in [-0.2, 0) is 0 Å². The molecular weight excluding hydrogens is 255 g/mol. The van der Waals surface area contributed by atoms with E-state index in [2.05, 4.69) is 20.9 Å². The molecule has 1 aromatic heterocycles. The Morgan fingerprint density at radius 2 is 2.00 bits per heavy atom. The molecule has 78 valence electrons. The van der Waals surface area contributed by atoms with Gasteiger partial charge >= 0.3 is 24.6 Å². The predicted octanol–water partition coefficient (Wildman–Crippen LogP) is -1.42. The van der Waals surface area contributed by atoms with E-state index >= 15 is 0 Å². The molecule has 1 N–H and O–H groups in total. The van der Waals surface area contributed by atoms with Gasteiger partial charge in [0.1, 0.15) is 4.47 Å². The monoisotopic (exact) mass is 267 g/mol. The van der Waals surface area contributed by atoms with Crippen molar-refractivity contribution in [3.8, 4) is 0 Å². The summed E-state index contributed by atoms with van der Waals surface area (Å²) >= 11 is 3.16. The smallest absolute Gasteiger partial charge is 0.310 e. The second kappa shape index (κ2) is 5.74. The largest absolute Gasteiger partial charge is 1.00 e.